The highest BCUT2D eigenvalue weighted by Gasteiger charge is 2.37. The van der Waals surface area contributed by atoms with Crippen LogP contribution in [0.4, 0.5) is 16.2 Å². The van der Waals surface area contributed by atoms with E-state index in [0.29, 0.717) is 17.0 Å². The first kappa shape index (κ1) is 17.5. The number of para-hydroxylation sites is 2. The molecule has 2 aromatic rings. The highest BCUT2D eigenvalue weighted by Crippen LogP contribution is 2.40. The van der Waals surface area contributed by atoms with E-state index >= 15 is 0 Å². The molecule has 0 atom stereocenters. The number of imide groups is 1. The number of aromatic hydroxyl groups is 1. The number of benzene rings is 2. The molecule has 0 unspecified atom stereocenters. The van der Waals surface area contributed by atoms with Crippen molar-refractivity contribution in [3.63, 3.8) is 0 Å². The lowest BCUT2D eigenvalue weighted by Gasteiger charge is -2.15. The van der Waals surface area contributed by atoms with Crippen molar-refractivity contribution in [1.82, 2.24) is 0 Å². The van der Waals surface area contributed by atoms with Gasteiger partial charge in [-0.25, -0.2) is 4.90 Å². The van der Waals surface area contributed by atoms with Crippen LogP contribution in [0.5, 0.6) is 11.5 Å². The number of phenols is 1. The number of hydrogen-bond acceptors (Lipinski definition) is 7. The Morgan fingerprint density at radius 1 is 1.23 bits per heavy atom. The number of nitro benzene ring substituents is 1. The van der Waals surface area contributed by atoms with Crippen LogP contribution < -0.4 is 9.64 Å². The third-order valence-electron chi connectivity index (χ3n) is 3.61. The molecule has 26 heavy (non-hydrogen) atoms. The van der Waals surface area contributed by atoms with Crippen molar-refractivity contribution >= 4 is 40.4 Å². The highest BCUT2D eigenvalue weighted by molar-refractivity contribution is 8.19. The normalized spacial score (nSPS) is 15.6. The molecule has 1 heterocycles. The molecule has 0 saturated carbocycles. The average Bonchev–Trinajstić information content (AvgIpc) is 2.89. The van der Waals surface area contributed by atoms with Gasteiger partial charge in [-0.2, -0.15) is 0 Å². The van der Waals surface area contributed by atoms with Crippen molar-refractivity contribution < 1.29 is 24.4 Å². The van der Waals surface area contributed by atoms with E-state index in [1.165, 1.54) is 19.3 Å². The van der Waals surface area contributed by atoms with Crippen molar-refractivity contribution in [1.29, 1.82) is 0 Å². The van der Waals surface area contributed by atoms with Crippen LogP contribution >= 0.6 is 11.8 Å². The number of anilines is 1. The zero-order valence-electron chi connectivity index (χ0n) is 13.4. The Morgan fingerprint density at radius 3 is 2.65 bits per heavy atom. The molecule has 3 rings (SSSR count). The fourth-order valence-electron chi connectivity index (χ4n) is 2.42. The fourth-order valence-corrected chi connectivity index (χ4v) is 3.25. The summed E-state index contributed by atoms with van der Waals surface area (Å²) in [5, 5.41) is 19.9. The topological polar surface area (TPSA) is 110 Å². The van der Waals surface area contributed by atoms with Crippen LogP contribution in [0, 0.1) is 10.1 Å². The molecule has 8 nitrogen and oxygen atoms in total. The average molecular weight is 372 g/mol. The third-order valence-corrected chi connectivity index (χ3v) is 4.48. The van der Waals surface area contributed by atoms with Crippen molar-refractivity contribution in [2.75, 3.05) is 12.0 Å². The summed E-state index contributed by atoms with van der Waals surface area (Å²) in [6, 6.07) is 10.3. The molecule has 9 heteroatoms. The number of hydrogen-bond donors (Lipinski definition) is 1. The minimum atomic E-state index is -0.729. The molecule has 1 aliphatic rings. The van der Waals surface area contributed by atoms with Crippen LogP contribution in [0.25, 0.3) is 6.08 Å². The summed E-state index contributed by atoms with van der Waals surface area (Å²) in [5.41, 5.74) is 0.153. The number of thioether (sulfide) groups is 1. The van der Waals surface area contributed by atoms with Crippen LogP contribution in [0.1, 0.15) is 5.56 Å². The number of methoxy groups -OCH3 is 1. The number of nitrogens with zero attached hydrogens (tertiary/aromatic N) is 2. The molecule has 1 aliphatic heterocycles. The third kappa shape index (κ3) is 3.11. The van der Waals surface area contributed by atoms with Crippen molar-refractivity contribution in [3.8, 4) is 11.5 Å². The van der Waals surface area contributed by atoms with Crippen LogP contribution in [-0.2, 0) is 4.79 Å². The van der Waals surface area contributed by atoms with Gasteiger partial charge in [0.05, 0.1) is 22.6 Å². The second kappa shape index (κ2) is 6.89. The zero-order chi connectivity index (χ0) is 18.8. The minimum absolute atomic E-state index is 0.112. The van der Waals surface area contributed by atoms with Gasteiger partial charge in [-0.15, -0.1) is 0 Å². The highest BCUT2D eigenvalue weighted by atomic mass is 32.2. The van der Waals surface area contributed by atoms with E-state index in [9.17, 15) is 24.8 Å². The maximum Gasteiger partial charge on any atom is 0.311 e. The van der Waals surface area contributed by atoms with Crippen LogP contribution in [0.3, 0.4) is 0 Å². The van der Waals surface area contributed by atoms with E-state index in [1.54, 1.807) is 24.3 Å². The first-order valence-electron chi connectivity index (χ1n) is 7.30. The van der Waals surface area contributed by atoms with Gasteiger partial charge in [-0.05, 0) is 41.6 Å². The predicted octanol–water partition coefficient (Wildman–Crippen LogP) is 3.55. The second-order valence-corrected chi connectivity index (χ2v) is 6.19. The van der Waals surface area contributed by atoms with E-state index in [2.05, 4.69) is 0 Å². The molecule has 0 spiro atoms. The van der Waals surface area contributed by atoms with Gasteiger partial charge in [-0.1, -0.05) is 18.2 Å². The molecule has 132 valence electrons. The van der Waals surface area contributed by atoms with Crippen LogP contribution in [0.15, 0.2) is 47.4 Å². The Kier molecular flexibility index (Phi) is 4.63. The lowest BCUT2D eigenvalue weighted by atomic mass is 10.1. The number of amides is 2. The summed E-state index contributed by atoms with van der Waals surface area (Å²) in [7, 11) is 1.43. The summed E-state index contributed by atoms with van der Waals surface area (Å²) < 4.78 is 5.19. The quantitative estimate of drug-likeness (QED) is 0.496. The summed E-state index contributed by atoms with van der Waals surface area (Å²) in [6.45, 7) is 0. The Bertz CT molecular complexity index is 956. The Morgan fingerprint density at radius 2 is 1.96 bits per heavy atom. The Hall–Kier alpha value is -3.33. The van der Waals surface area contributed by atoms with E-state index in [-0.39, 0.29) is 4.91 Å². The maximum atomic E-state index is 12.7. The molecule has 0 aromatic heterocycles. The summed E-state index contributed by atoms with van der Waals surface area (Å²) >= 11 is 0.720. The largest absolute Gasteiger partial charge is 0.502 e. The van der Waals surface area contributed by atoms with Gasteiger partial charge in [0.15, 0.2) is 5.75 Å². The van der Waals surface area contributed by atoms with Gasteiger partial charge in [0.2, 0.25) is 0 Å². The van der Waals surface area contributed by atoms with E-state index < -0.39 is 27.5 Å². The molecule has 2 amide bonds. The summed E-state index contributed by atoms with van der Waals surface area (Å²) in [6.07, 6.45) is 1.37. The number of phenolic OH excluding ortho intramolecular Hbond substituents is 1. The van der Waals surface area contributed by atoms with Gasteiger partial charge < -0.3 is 9.84 Å². The first-order chi connectivity index (χ1) is 12.4. The molecule has 1 N–H and O–H groups in total. The molecule has 1 saturated heterocycles. The Labute approximate surface area is 151 Å². The molecule has 1 fully saturated rings. The first-order valence-corrected chi connectivity index (χ1v) is 8.12. The van der Waals surface area contributed by atoms with E-state index in [4.69, 9.17) is 4.74 Å². The number of nitro groups is 1. The molecule has 0 radical (unpaired) electrons. The predicted molar refractivity (Wildman–Crippen MR) is 96.2 cm³/mol. The summed E-state index contributed by atoms with van der Waals surface area (Å²) in [5.74, 6) is -0.661. The molecular formula is C17H12N2O6S. The fraction of sp³-hybridized carbons (Fsp3) is 0.0588. The van der Waals surface area contributed by atoms with Gasteiger partial charge in [0.25, 0.3) is 11.1 Å². The van der Waals surface area contributed by atoms with E-state index in [0.717, 1.165) is 28.8 Å². The molecule has 0 bridgehead atoms. The second-order valence-electron chi connectivity index (χ2n) is 5.19. The van der Waals surface area contributed by atoms with Crippen molar-refractivity contribution in [3.05, 3.63) is 63.0 Å². The minimum Gasteiger partial charge on any atom is -0.502 e. The number of carbonyl (C=O) groups excluding carboxylic acids is 2. The van der Waals surface area contributed by atoms with Crippen LogP contribution in [-0.4, -0.2) is 28.3 Å². The number of ether oxygens (including phenoxy) is 1. The van der Waals surface area contributed by atoms with Gasteiger partial charge in [0, 0.05) is 6.07 Å². The number of rotatable bonds is 4. The lowest BCUT2D eigenvalue weighted by Crippen LogP contribution is -2.28. The number of carbonyl (C=O) groups is 2. The molecule has 2 aromatic carbocycles. The Balaban J connectivity index is 1.98. The molecule has 0 aliphatic carbocycles. The van der Waals surface area contributed by atoms with Crippen molar-refractivity contribution in [2.24, 2.45) is 0 Å². The lowest BCUT2D eigenvalue weighted by molar-refractivity contribution is -0.385. The van der Waals surface area contributed by atoms with Crippen molar-refractivity contribution in [2.45, 2.75) is 0 Å². The van der Waals surface area contributed by atoms with Gasteiger partial charge in [0.1, 0.15) is 5.75 Å². The van der Waals surface area contributed by atoms with Crippen LogP contribution in [0.2, 0.25) is 0 Å². The molecular weight excluding hydrogens is 360 g/mol. The van der Waals surface area contributed by atoms with Gasteiger partial charge in [-0.3, -0.25) is 19.7 Å². The standard InChI is InChI=1S/C17H12N2O6S/c1-25-14-5-3-2-4-11(14)18-16(21)15(26-17(18)22)9-10-6-7-13(20)12(8-10)19(23)24/h2-9,20H,1H3/b15-9-. The summed E-state index contributed by atoms with van der Waals surface area (Å²) in [4.78, 5) is 36.2. The smallest absolute Gasteiger partial charge is 0.311 e. The van der Waals surface area contributed by atoms with Gasteiger partial charge >= 0.3 is 5.69 Å². The monoisotopic (exact) mass is 372 g/mol. The zero-order valence-corrected chi connectivity index (χ0v) is 14.2. The maximum absolute atomic E-state index is 12.7. The SMILES string of the molecule is COc1ccccc1N1C(=O)S/C(=C\c2ccc(O)c([N+](=O)[O-])c2)C1=O. The van der Waals surface area contributed by atoms with E-state index in [1.807, 2.05) is 0 Å².